The third kappa shape index (κ3) is 7.68. The third-order valence-corrected chi connectivity index (χ3v) is 5.00. The largest absolute Gasteiger partial charge is 0.357 e. The molecule has 146 valence electrons. The van der Waals surface area contributed by atoms with E-state index in [1.807, 2.05) is 4.90 Å². The lowest BCUT2D eigenvalue weighted by Crippen LogP contribution is -2.49. The number of hydrogen-bond donors (Lipinski definition) is 2. The van der Waals surface area contributed by atoms with E-state index < -0.39 is 0 Å². The number of nitrogens with zero attached hydrogens (tertiary/aromatic N) is 3. The molecule has 2 saturated heterocycles. The van der Waals surface area contributed by atoms with Gasteiger partial charge in [0.2, 0.25) is 5.91 Å². The first kappa shape index (κ1) is 22.5. The van der Waals surface area contributed by atoms with Crippen LogP contribution in [0, 0.1) is 0 Å². The highest BCUT2D eigenvalue weighted by molar-refractivity contribution is 14.0. The number of amides is 1. The quantitative estimate of drug-likeness (QED) is 0.358. The molecule has 25 heavy (non-hydrogen) atoms. The molecule has 6 nitrogen and oxygen atoms in total. The fraction of sp³-hybridized carbons (Fsp3) is 0.889. The number of piperidine rings is 1. The Balaban J connectivity index is 0.00000312. The average molecular weight is 465 g/mol. The minimum Gasteiger partial charge on any atom is -0.357 e. The smallest absolute Gasteiger partial charge is 0.224 e. The molecule has 2 aliphatic rings. The van der Waals surface area contributed by atoms with Gasteiger partial charge in [0.05, 0.1) is 6.54 Å². The summed E-state index contributed by atoms with van der Waals surface area (Å²) in [5.41, 5.74) is 0. The number of likely N-dealkylation sites (tertiary alicyclic amines) is 2. The van der Waals surface area contributed by atoms with Crippen molar-refractivity contribution < 1.29 is 4.79 Å². The van der Waals surface area contributed by atoms with Crippen LogP contribution in [-0.2, 0) is 4.79 Å². The maximum atomic E-state index is 12.1. The second-order valence-corrected chi connectivity index (χ2v) is 7.15. The van der Waals surface area contributed by atoms with Crippen molar-refractivity contribution in [3.63, 3.8) is 0 Å². The molecule has 0 aromatic heterocycles. The highest BCUT2D eigenvalue weighted by atomic mass is 127. The van der Waals surface area contributed by atoms with E-state index in [9.17, 15) is 4.79 Å². The standard InChI is InChI=1S/C18H35N5O.HI/c1-4-19-18(20-10-7-17(24)23-11-5-6-12-23)21-16-8-13-22(14-9-16)15(2)3;/h15-16H,4-14H2,1-3H3,(H2,19,20,21);1H. The normalized spacial score (nSPS) is 19.8. The molecule has 2 rings (SSSR count). The Morgan fingerprint density at radius 1 is 1.16 bits per heavy atom. The number of halogens is 1. The average Bonchev–Trinajstić information content (AvgIpc) is 3.10. The monoisotopic (exact) mass is 465 g/mol. The zero-order chi connectivity index (χ0) is 17.4. The molecule has 1 amide bonds. The van der Waals surface area contributed by atoms with Gasteiger partial charge in [-0.25, -0.2) is 0 Å². The summed E-state index contributed by atoms with van der Waals surface area (Å²) < 4.78 is 0. The number of guanidine groups is 1. The van der Waals surface area contributed by atoms with E-state index in [1.54, 1.807) is 0 Å². The van der Waals surface area contributed by atoms with Gasteiger partial charge >= 0.3 is 0 Å². The summed E-state index contributed by atoms with van der Waals surface area (Å²) in [4.78, 5) is 21.2. The Morgan fingerprint density at radius 2 is 1.80 bits per heavy atom. The molecule has 0 aliphatic carbocycles. The molecule has 0 spiro atoms. The van der Waals surface area contributed by atoms with Crippen molar-refractivity contribution in [3.05, 3.63) is 0 Å². The summed E-state index contributed by atoms with van der Waals surface area (Å²) in [5, 5.41) is 6.85. The van der Waals surface area contributed by atoms with Gasteiger partial charge in [-0.2, -0.15) is 0 Å². The van der Waals surface area contributed by atoms with Gasteiger partial charge in [-0.1, -0.05) is 0 Å². The number of nitrogens with one attached hydrogen (secondary N) is 2. The van der Waals surface area contributed by atoms with Crippen LogP contribution in [0.5, 0.6) is 0 Å². The lowest BCUT2D eigenvalue weighted by atomic mass is 10.0. The van der Waals surface area contributed by atoms with Gasteiger partial charge in [0.15, 0.2) is 5.96 Å². The molecule has 0 bridgehead atoms. The highest BCUT2D eigenvalue weighted by Gasteiger charge is 2.21. The maximum absolute atomic E-state index is 12.1. The first-order chi connectivity index (χ1) is 11.6. The van der Waals surface area contributed by atoms with Crippen molar-refractivity contribution in [1.29, 1.82) is 0 Å². The van der Waals surface area contributed by atoms with E-state index in [-0.39, 0.29) is 29.9 Å². The van der Waals surface area contributed by atoms with Crippen molar-refractivity contribution in [2.45, 2.75) is 65.0 Å². The van der Waals surface area contributed by atoms with E-state index in [0.717, 1.165) is 64.4 Å². The number of hydrogen-bond acceptors (Lipinski definition) is 3. The van der Waals surface area contributed by atoms with Gasteiger partial charge in [0.25, 0.3) is 0 Å². The van der Waals surface area contributed by atoms with E-state index >= 15 is 0 Å². The minimum absolute atomic E-state index is 0. The van der Waals surface area contributed by atoms with Crippen LogP contribution in [0.25, 0.3) is 0 Å². The van der Waals surface area contributed by atoms with Crippen molar-refractivity contribution in [2.75, 3.05) is 39.3 Å². The molecule has 2 heterocycles. The van der Waals surface area contributed by atoms with Gasteiger partial charge in [-0.15, -0.1) is 24.0 Å². The molecule has 2 N–H and O–H groups in total. The van der Waals surface area contributed by atoms with Gasteiger partial charge in [-0.05, 0) is 46.5 Å². The zero-order valence-corrected chi connectivity index (χ0v) is 18.4. The minimum atomic E-state index is 0. The SMILES string of the molecule is CCNC(=NCCC(=O)N1CCCC1)NC1CCN(C(C)C)CC1.I. The molecular formula is C18H36IN5O. The second kappa shape index (κ2) is 11.9. The topological polar surface area (TPSA) is 60.0 Å². The van der Waals surface area contributed by atoms with Gasteiger partial charge < -0.3 is 20.4 Å². The highest BCUT2D eigenvalue weighted by Crippen LogP contribution is 2.13. The second-order valence-electron chi connectivity index (χ2n) is 7.15. The third-order valence-electron chi connectivity index (χ3n) is 5.00. The predicted molar refractivity (Wildman–Crippen MR) is 115 cm³/mol. The molecule has 2 fully saturated rings. The summed E-state index contributed by atoms with van der Waals surface area (Å²) in [6.45, 7) is 12.1. The van der Waals surface area contributed by atoms with Crippen LogP contribution < -0.4 is 10.6 Å². The van der Waals surface area contributed by atoms with Crippen LogP contribution in [0.1, 0.15) is 52.9 Å². The Bertz CT molecular complexity index is 416. The van der Waals surface area contributed by atoms with E-state index in [2.05, 4.69) is 41.3 Å². The maximum Gasteiger partial charge on any atom is 0.224 e. The summed E-state index contributed by atoms with van der Waals surface area (Å²) in [6.07, 6.45) is 5.11. The van der Waals surface area contributed by atoms with Gasteiger partial charge in [-0.3, -0.25) is 9.79 Å². The van der Waals surface area contributed by atoms with Crippen LogP contribution >= 0.6 is 24.0 Å². The lowest BCUT2D eigenvalue weighted by Gasteiger charge is -2.35. The molecule has 0 aromatic carbocycles. The Morgan fingerprint density at radius 3 is 2.36 bits per heavy atom. The molecule has 7 heteroatoms. The van der Waals surface area contributed by atoms with Crippen LogP contribution in [0.15, 0.2) is 4.99 Å². The zero-order valence-electron chi connectivity index (χ0n) is 16.1. The molecule has 2 aliphatic heterocycles. The molecule has 0 saturated carbocycles. The lowest BCUT2D eigenvalue weighted by molar-refractivity contribution is -0.129. The van der Waals surface area contributed by atoms with Gasteiger partial charge in [0.1, 0.15) is 0 Å². The molecular weight excluding hydrogens is 429 g/mol. The molecule has 0 unspecified atom stereocenters. The fourth-order valence-electron chi connectivity index (χ4n) is 3.46. The van der Waals surface area contributed by atoms with Crippen molar-refractivity contribution in [1.82, 2.24) is 20.4 Å². The Kier molecular flexibility index (Phi) is 10.7. The first-order valence-electron chi connectivity index (χ1n) is 9.66. The van der Waals surface area contributed by atoms with Crippen LogP contribution in [0.3, 0.4) is 0 Å². The van der Waals surface area contributed by atoms with Crippen LogP contribution in [0.4, 0.5) is 0 Å². The van der Waals surface area contributed by atoms with Crippen molar-refractivity contribution in [2.24, 2.45) is 4.99 Å². The molecule has 0 aromatic rings. The number of carbonyl (C=O) groups is 1. The predicted octanol–water partition coefficient (Wildman–Crippen LogP) is 2.04. The summed E-state index contributed by atoms with van der Waals surface area (Å²) in [6, 6.07) is 1.11. The number of carbonyl (C=O) groups excluding carboxylic acids is 1. The van der Waals surface area contributed by atoms with E-state index in [1.165, 1.54) is 0 Å². The van der Waals surface area contributed by atoms with E-state index in [4.69, 9.17) is 0 Å². The Labute approximate surface area is 170 Å². The Hall–Kier alpha value is -0.570. The van der Waals surface area contributed by atoms with Crippen LogP contribution in [-0.4, -0.2) is 73.0 Å². The number of aliphatic imine (C=N–C) groups is 1. The fourth-order valence-corrected chi connectivity index (χ4v) is 3.46. The summed E-state index contributed by atoms with van der Waals surface area (Å²) in [5.74, 6) is 1.10. The van der Waals surface area contributed by atoms with E-state index in [0.29, 0.717) is 25.0 Å². The molecule has 0 radical (unpaired) electrons. The first-order valence-corrected chi connectivity index (χ1v) is 9.66. The number of rotatable bonds is 6. The molecule has 0 atom stereocenters. The van der Waals surface area contributed by atoms with Crippen LogP contribution in [0.2, 0.25) is 0 Å². The summed E-state index contributed by atoms with van der Waals surface area (Å²) in [7, 11) is 0. The summed E-state index contributed by atoms with van der Waals surface area (Å²) >= 11 is 0. The van der Waals surface area contributed by atoms with Crippen molar-refractivity contribution >= 4 is 35.8 Å². The van der Waals surface area contributed by atoms with Gasteiger partial charge in [0, 0.05) is 51.2 Å². The van der Waals surface area contributed by atoms with Crippen molar-refractivity contribution in [3.8, 4) is 0 Å².